The maximum atomic E-state index is 12.0. The van der Waals surface area contributed by atoms with Gasteiger partial charge in [-0.15, -0.1) is 0 Å². The molecule has 0 atom stereocenters. The van der Waals surface area contributed by atoms with E-state index in [1.54, 1.807) is 19.3 Å². The Kier molecular flexibility index (Phi) is 5.54. The molecule has 128 valence electrons. The second kappa shape index (κ2) is 8.02. The molecule has 0 aliphatic carbocycles. The number of rotatable bonds is 6. The van der Waals surface area contributed by atoms with Crippen LogP contribution in [0.2, 0.25) is 0 Å². The van der Waals surface area contributed by atoms with Crippen molar-refractivity contribution in [2.75, 3.05) is 44.2 Å². The molecule has 0 radical (unpaired) electrons. The maximum Gasteiger partial charge on any atom is 0.254 e. The summed E-state index contributed by atoms with van der Waals surface area (Å²) in [7, 11) is 0. The van der Waals surface area contributed by atoms with E-state index in [2.05, 4.69) is 45.4 Å². The highest BCUT2D eigenvalue weighted by atomic mass is 16.3. The average Bonchev–Trinajstić information content (AvgIpc) is 3.06. The molecule has 2 aromatic rings. The van der Waals surface area contributed by atoms with Crippen molar-refractivity contribution in [1.82, 2.24) is 10.2 Å². The molecule has 0 saturated carbocycles. The monoisotopic (exact) mass is 327 g/mol. The van der Waals surface area contributed by atoms with Crippen molar-refractivity contribution in [2.45, 2.75) is 13.3 Å². The first-order valence-corrected chi connectivity index (χ1v) is 8.58. The summed E-state index contributed by atoms with van der Waals surface area (Å²) in [5, 5.41) is 2.96. The molecule has 1 fully saturated rings. The first-order valence-electron chi connectivity index (χ1n) is 8.58. The predicted octanol–water partition coefficient (Wildman–Crippen LogP) is 2.53. The van der Waals surface area contributed by atoms with E-state index < -0.39 is 0 Å². The van der Waals surface area contributed by atoms with Gasteiger partial charge in [0.25, 0.3) is 5.91 Å². The fourth-order valence-corrected chi connectivity index (χ4v) is 3.09. The summed E-state index contributed by atoms with van der Waals surface area (Å²) in [5.41, 5.74) is 1.94. The number of hydrogen-bond donors (Lipinski definition) is 1. The van der Waals surface area contributed by atoms with Crippen molar-refractivity contribution in [3.05, 3.63) is 54.0 Å². The molecule has 0 spiro atoms. The van der Waals surface area contributed by atoms with Crippen LogP contribution in [0.5, 0.6) is 0 Å². The van der Waals surface area contributed by atoms with Gasteiger partial charge in [-0.2, -0.15) is 0 Å². The number of amides is 1. The van der Waals surface area contributed by atoms with E-state index >= 15 is 0 Å². The number of aryl methyl sites for hydroxylation is 1. The van der Waals surface area contributed by atoms with Crippen LogP contribution < -0.4 is 10.2 Å². The van der Waals surface area contributed by atoms with Gasteiger partial charge in [-0.25, -0.2) is 0 Å². The fraction of sp³-hybridized carbons (Fsp3) is 0.421. The van der Waals surface area contributed by atoms with E-state index in [1.807, 2.05) is 0 Å². The van der Waals surface area contributed by atoms with E-state index in [9.17, 15) is 4.79 Å². The van der Waals surface area contributed by atoms with Gasteiger partial charge in [0.2, 0.25) is 0 Å². The van der Waals surface area contributed by atoms with Crippen LogP contribution >= 0.6 is 0 Å². The third-order valence-electron chi connectivity index (χ3n) is 4.53. The number of anilines is 1. The second-order valence-corrected chi connectivity index (χ2v) is 6.16. The van der Waals surface area contributed by atoms with Crippen LogP contribution in [0.25, 0.3) is 0 Å². The molecule has 1 saturated heterocycles. The van der Waals surface area contributed by atoms with Crippen molar-refractivity contribution in [3.63, 3.8) is 0 Å². The van der Waals surface area contributed by atoms with Crippen LogP contribution in [-0.2, 0) is 0 Å². The first-order chi connectivity index (χ1) is 11.7. The molecule has 1 aromatic heterocycles. The van der Waals surface area contributed by atoms with Gasteiger partial charge >= 0.3 is 0 Å². The fourth-order valence-electron chi connectivity index (χ4n) is 3.09. The lowest BCUT2D eigenvalue weighted by atomic mass is 10.2. The minimum Gasteiger partial charge on any atom is -0.469 e. The van der Waals surface area contributed by atoms with Crippen molar-refractivity contribution in [1.29, 1.82) is 0 Å². The van der Waals surface area contributed by atoms with Gasteiger partial charge in [-0.05, 0) is 38.1 Å². The Morgan fingerprint density at radius 1 is 1.12 bits per heavy atom. The zero-order chi connectivity index (χ0) is 16.8. The Bertz CT molecular complexity index is 646. The molecular formula is C19H25N3O2. The average molecular weight is 327 g/mol. The highest BCUT2D eigenvalue weighted by Crippen LogP contribution is 2.15. The Morgan fingerprint density at radius 3 is 2.54 bits per heavy atom. The van der Waals surface area contributed by atoms with E-state index in [-0.39, 0.29) is 5.91 Å². The molecule has 5 heteroatoms. The van der Waals surface area contributed by atoms with E-state index in [4.69, 9.17) is 4.42 Å². The number of para-hydroxylation sites is 1. The van der Waals surface area contributed by atoms with Crippen LogP contribution in [0.1, 0.15) is 22.5 Å². The largest absolute Gasteiger partial charge is 0.469 e. The lowest BCUT2D eigenvalue weighted by Crippen LogP contribution is -2.47. The molecule has 0 unspecified atom stereocenters. The minimum atomic E-state index is -0.0462. The molecular weight excluding hydrogens is 302 g/mol. The molecule has 1 aliphatic heterocycles. The second-order valence-electron chi connectivity index (χ2n) is 6.16. The smallest absolute Gasteiger partial charge is 0.254 e. The Labute approximate surface area is 143 Å². The summed E-state index contributed by atoms with van der Waals surface area (Å²) < 4.78 is 5.16. The number of piperazine rings is 1. The number of benzene rings is 1. The number of carbonyl (C=O) groups is 1. The molecule has 1 amide bonds. The van der Waals surface area contributed by atoms with Crippen LogP contribution in [0.15, 0.2) is 47.1 Å². The zero-order valence-electron chi connectivity index (χ0n) is 14.2. The van der Waals surface area contributed by atoms with Crippen molar-refractivity contribution in [2.24, 2.45) is 0 Å². The summed E-state index contributed by atoms with van der Waals surface area (Å²) in [5.74, 6) is 0.625. The first kappa shape index (κ1) is 16.6. The molecule has 24 heavy (non-hydrogen) atoms. The molecule has 2 heterocycles. The third kappa shape index (κ3) is 4.17. The SMILES string of the molecule is Cc1occc1C(=O)NCCCN1CCN(c2ccccc2)CC1. The van der Waals surface area contributed by atoms with Crippen molar-refractivity contribution in [3.8, 4) is 0 Å². The number of hydrogen-bond acceptors (Lipinski definition) is 4. The zero-order valence-corrected chi connectivity index (χ0v) is 14.2. The Balaban J connectivity index is 1.34. The molecule has 1 aromatic carbocycles. The van der Waals surface area contributed by atoms with Crippen molar-refractivity contribution < 1.29 is 9.21 Å². The van der Waals surface area contributed by atoms with Crippen molar-refractivity contribution >= 4 is 11.6 Å². The summed E-state index contributed by atoms with van der Waals surface area (Å²) >= 11 is 0. The van der Waals surface area contributed by atoms with Gasteiger partial charge < -0.3 is 14.6 Å². The standard InChI is InChI=1S/C19H25N3O2/c1-16-18(8-15-24-16)19(23)20-9-5-10-21-11-13-22(14-12-21)17-6-3-2-4-7-17/h2-4,6-8,15H,5,9-14H2,1H3,(H,20,23). The normalized spacial score (nSPS) is 15.5. The summed E-state index contributed by atoms with van der Waals surface area (Å²) in [6.45, 7) is 7.79. The lowest BCUT2D eigenvalue weighted by molar-refractivity contribution is 0.0950. The minimum absolute atomic E-state index is 0.0462. The van der Waals surface area contributed by atoms with E-state index in [1.165, 1.54) is 5.69 Å². The molecule has 5 nitrogen and oxygen atoms in total. The van der Waals surface area contributed by atoms with Gasteiger partial charge in [-0.3, -0.25) is 9.69 Å². The van der Waals surface area contributed by atoms with Crippen LogP contribution in [0.4, 0.5) is 5.69 Å². The Morgan fingerprint density at radius 2 is 1.88 bits per heavy atom. The third-order valence-corrected chi connectivity index (χ3v) is 4.53. The van der Waals surface area contributed by atoms with Gasteiger partial charge in [-0.1, -0.05) is 18.2 Å². The summed E-state index contributed by atoms with van der Waals surface area (Å²) in [4.78, 5) is 16.9. The molecule has 0 bridgehead atoms. The number of furan rings is 1. The molecule has 3 rings (SSSR count). The highest BCUT2D eigenvalue weighted by molar-refractivity contribution is 5.94. The maximum absolute atomic E-state index is 12.0. The lowest BCUT2D eigenvalue weighted by Gasteiger charge is -2.36. The number of nitrogens with zero attached hydrogens (tertiary/aromatic N) is 2. The van der Waals surface area contributed by atoms with Crippen LogP contribution in [0, 0.1) is 6.92 Å². The Hall–Kier alpha value is -2.27. The van der Waals surface area contributed by atoms with Gasteiger partial charge in [0, 0.05) is 38.4 Å². The number of carbonyl (C=O) groups excluding carboxylic acids is 1. The van der Waals surface area contributed by atoms with E-state index in [0.717, 1.165) is 39.1 Å². The molecule has 1 N–H and O–H groups in total. The summed E-state index contributed by atoms with van der Waals surface area (Å²) in [6, 6.07) is 12.3. The van der Waals surface area contributed by atoms with E-state index in [0.29, 0.717) is 17.9 Å². The van der Waals surface area contributed by atoms with Crippen LogP contribution in [0.3, 0.4) is 0 Å². The number of nitrogens with one attached hydrogen (secondary N) is 1. The summed E-state index contributed by atoms with van der Waals surface area (Å²) in [6.07, 6.45) is 2.52. The predicted molar refractivity (Wildman–Crippen MR) is 95.5 cm³/mol. The highest BCUT2D eigenvalue weighted by Gasteiger charge is 2.16. The molecule has 1 aliphatic rings. The van der Waals surface area contributed by atoms with Gasteiger partial charge in [0.05, 0.1) is 11.8 Å². The topological polar surface area (TPSA) is 48.7 Å². The van der Waals surface area contributed by atoms with Gasteiger partial charge in [0.15, 0.2) is 0 Å². The van der Waals surface area contributed by atoms with Gasteiger partial charge in [0.1, 0.15) is 5.76 Å². The van der Waals surface area contributed by atoms with Crippen LogP contribution in [-0.4, -0.2) is 50.1 Å². The quantitative estimate of drug-likeness (QED) is 0.828.